The molecule has 0 bridgehead atoms. The number of carboxylic acids is 1. The summed E-state index contributed by atoms with van der Waals surface area (Å²) in [6, 6.07) is 0. The van der Waals surface area contributed by atoms with Crippen LogP contribution in [-0.4, -0.2) is 89.2 Å². The predicted molar refractivity (Wildman–Crippen MR) is 340 cm³/mol. The van der Waals surface area contributed by atoms with E-state index in [-0.39, 0.29) is 25.9 Å². The number of hydrogen-bond donors (Lipinski definition) is 3. The Bertz CT molecular complexity index is 1670. The lowest BCUT2D eigenvalue weighted by Gasteiger charge is -2.40. The van der Waals surface area contributed by atoms with Crippen LogP contribution in [0.4, 0.5) is 0 Å². The van der Waals surface area contributed by atoms with Gasteiger partial charge in [0, 0.05) is 19.3 Å². The first-order valence-corrected chi connectivity index (χ1v) is 34.3. The molecule has 6 atom stereocenters. The van der Waals surface area contributed by atoms with Gasteiger partial charge in [0.05, 0.1) is 6.61 Å². The summed E-state index contributed by atoms with van der Waals surface area (Å²) >= 11 is 0. The number of carboxylic acid groups (broad SMARTS) is 1. The number of carbonyl (C=O) groups is 4. The van der Waals surface area contributed by atoms with Gasteiger partial charge in [0.15, 0.2) is 24.6 Å². The maximum atomic E-state index is 13.2. The lowest BCUT2D eigenvalue weighted by atomic mass is 9.98. The summed E-state index contributed by atoms with van der Waals surface area (Å²) in [7, 11) is 0. The van der Waals surface area contributed by atoms with Crippen molar-refractivity contribution >= 4 is 23.9 Å². The number of aliphatic hydroxyl groups is 2. The fourth-order valence-corrected chi connectivity index (χ4v) is 10.4. The molecule has 83 heavy (non-hydrogen) atoms. The molecule has 0 amide bonds. The molecule has 0 spiro atoms. The molecule has 0 radical (unpaired) electrons. The van der Waals surface area contributed by atoms with E-state index in [0.29, 0.717) is 19.3 Å². The second-order valence-corrected chi connectivity index (χ2v) is 23.4. The largest absolute Gasteiger partial charge is 0.479 e. The van der Waals surface area contributed by atoms with Crippen molar-refractivity contribution in [3.05, 3.63) is 60.8 Å². The molecule has 12 nitrogen and oxygen atoms in total. The van der Waals surface area contributed by atoms with Crippen LogP contribution in [0.15, 0.2) is 60.8 Å². The van der Waals surface area contributed by atoms with Gasteiger partial charge in [-0.1, -0.05) is 274 Å². The Kier molecular flexibility index (Phi) is 54.8. The molecule has 12 heteroatoms. The van der Waals surface area contributed by atoms with Gasteiger partial charge in [0.25, 0.3) is 0 Å². The van der Waals surface area contributed by atoms with E-state index >= 15 is 0 Å². The van der Waals surface area contributed by atoms with Crippen LogP contribution in [0.2, 0.25) is 0 Å². The zero-order valence-electron chi connectivity index (χ0n) is 53.2. The first-order chi connectivity index (χ1) is 40.6. The molecule has 1 aliphatic rings. The zero-order chi connectivity index (χ0) is 60.3. The van der Waals surface area contributed by atoms with E-state index in [1.54, 1.807) is 0 Å². The minimum atomic E-state index is -1.90. The van der Waals surface area contributed by atoms with Crippen molar-refractivity contribution in [2.75, 3.05) is 13.2 Å². The molecule has 6 unspecified atom stereocenters. The van der Waals surface area contributed by atoms with Gasteiger partial charge >= 0.3 is 23.9 Å². The number of unbranched alkanes of at least 4 members (excludes halogenated alkanes) is 35. The maximum Gasteiger partial charge on any atom is 0.335 e. The lowest BCUT2D eigenvalue weighted by Crippen LogP contribution is -2.61. The fourth-order valence-electron chi connectivity index (χ4n) is 10.4. The van der Waals surface area contributed by atoms with Crippen molar-refractivity contribution < 1.29 is 58.2 Å². The maximum absolute atomic E-state index is 13.2. The Morgan fingerprint density at radius 3 is 1.18 bits per heavy atom. The van der Waals surface area contributed by atoms with Gasteiger partial charge in [-0.3, -0.25) is 14.4 Å². The number of aliphatic hydroxyl groups excluding tert-OH is 2. The number of rotatable bonds is 59. The summed E-state index contributed by atoms with van der Waals surface area (Å²) < 4.78 is 28.6. The number of carbonyl (C=O) groups excluding carboxylic acids is 3. The van der Waals surface area contributed by atoms with Gasteiger partial charge in [0.2, 0.25) is 0 Å². The van der Waals surface area contributed by atoms with Crippen molar-refractivity contribution in [3.63, 3.8) is 0 Å². The van der Waals surface area contributed by atoms with E-state index in [1.807, 2.05) is 0 Å². The van der Waals surface area contributed by atoms with Crippen LogP contribution in [0.3, 0.4) is 0 Å². The van der Waals surface area contributed by atoms with Crippen LogP contribution in [0, 0.1) is 0 Å². The van der Waals surface area contributed by atoms with E-state index in [2.05, 4.69) is 81.5 Å². The molecule has 0 saturated carbocycles. The van der Waals surface area contributed by atoms with Crippen LogP contribution < -0.4 is 0 Å². The fraction of sp³-hybridized carbons (Fsp3) is 0.803. The summed E-state index contributed by atoms with van der Waals surface area (Å²) in [6.45, 7) is 5.90. The van der Waals surface area contributed by atoms with Crippen molar-refractivity contribution in [1.82, 2.24) is 0 Å². The predicted octanol–water partition coefficient (Wildman–Crippen LogP) is 18.7. The minimum absolute atomic E-state index is 0.0627. The van der Waals surface area contributed by atoms with Crippen LogP contribution in [0.5, 0.6) is 0 Å². The highest BCUT2D eigenvalue weighted by Crippen LogP contribution is 2.27. The molecular formula is C71H124O12. The highest BCUT2D eigenvalue weighted by Gasteiger charge is 2.50. The number of esters is 3. The molecule has 1 fully saturated rings. The van der Waals surface area contributed by atoms with Gasteiger partial charge in [-0.2, -0.15) is 0 Å². The molecule has 3 N–H and O–H groups in total. The Balaban J connectivity index is 2.64. The van der Waals surface area contributed by atoms with E-state index < -0.39 is 67.3 Å². The average Bonchev–Trinajstić information content (AvgIpc) is 3.59. The molecule has 1 saturated heterocycles. The number of ether oxygens (including phenoxy) is 5. The van der Waals surface area contributed by atoms with E-state index in [4.69, 9.17) is 23.7 Å². The van der Waals surface area contributed by atoms with Crippen molar-refractivity contribution in [2.24, 2.45) is 0 Å². The standard InChI is InChI=1S/C71H124O12/c1-4-7-10-13-16-19-22-25-28-31-32-35-36-39-42-45-48-51-54-57-63(72)79-60-62(81-64(73)58-55-52-49-46-43-40-37-33-29-26-23-20-17-14-11-8-5-2)61-80-71-69(67(76)66(75)68(83-71)70(77)78)82-65(74)59-56-53-50-47-44-41-38-34-30-27-24-21-18-15-12-9-6-3/h8,11,16-17,19-20,25-26,28-29,62,66-69,71,75-76H,4-7,9-10,12-15,18,21-24,27,30-61H2,1-3H3,(H,77,78)/b11-8-,19-16-,20-17-,28-25-,29-26-. The number of hydrogen-bond acceptors (Lipinski definition) is 11. The van der Waals surface area contributed by atoms with Crippen LogP contribution in [0.1, 0.15) is 316 Å². The molecular weight excluding hydrogens is 1040 g/mol. The molecule has 0 aromatic rings. The molecule has 1 rings (SSSR count). The Hall–Kier alpha value is -3.58. The van der Waals surface area contributed by atoms with E-state index in [9.17, 15) is 34.5 Å². The third kappa shape index (κ3) is 48.3. The Morgan fingerprint density at radius 1 is 0.410 bits per heavy atom. The number of aliphatic carboxylic acids is 1. The molecule has 480 valence electrons. The third-order valence-electron chi connectivity index (χ3n) is 15.6. The van der Waals surface area contributed by atoms with E-state index in [1.165, 1.54) is 135 Å². The lowest BCUT2D eigenvalue weighted by molar-refractivity contribution is -0.301. The quantitative estimate of drug-likeness (QED) is 0.0228. The molecule has 0 aromatic carbocycles. The zero-order valence-corrected chi connectivity index (χ0v) is 53.2. The Morgan fingerprint density at radius 2 is 0.759 bits per heavy atom. The van der Waals surface area contributed by atoms with Crippen molar-refractivity contribution in [1.29, 1.82) is 0 Å². The molecule has 0 aromatic heterocycles. The monoisotopic (exact) mass is 1170 g/mol. The summed E-state index contributed by atoms with van der Waals surface area (Å²) in [5.74, 6) is -3.11. The first-order valence-electron chi connectivity index (χ1n) is 34.3. The van der Waals surface area contributed by atoms with Gasteiger partial charge in [-0.05, 0) is 83.5 Å². The second kappa shape index (κ2) is 58.8. The van der Waals surface area contributed by atoms with Gasteiger partial charge in [-0.25, -0.2) is 4.79 Å². The molecule has 1 aliphatic heterocycles. The molecule has 1 heterocycles. The van der Waals surface area contributed by atoms with Crippen LogP contribution >= 0.6 is 0 Å². The van der Waals surface area contributed by atoms with Crippen LogP contribution in [0.25, 0.3) is 0 Å². The smallest absolute Gasteiger partial charge is 0.335 e. The minimum Gasteiger partial charge on any atom is -0.479 e. The van der Waals surface area contributed by atoms with Gasteiger partial charge in [-0.15, -0.1) is 0 Å². The summed E-state index contributed by atoms with van der Waals surface area (Å²) in [6.07, 6.45) is 61.7. The van der Waals surface area contributed by atoms with Gasteiger partial charge in [0.1, 0.15) is 18.8 Å². The van der Waals surface area contributed by atoms with E-state index in [0.717, 1.165) is 122 Å². The molecule has 0 aliphatic carbocycles. The first kappa shape index (κ1) is 77.4. The number of allylic oxidation sites excluding steroid dienone is 10. The average molecular weight is 1170 g/mol. The van der Waals surface area contributed by atoms with Crippen molar-refractivity contribution in [3.8, 4) is 0 Å². The summed E-state index contributed by atoms with van der Waals surface area (Å²) in [4.78, 5) is 51.4. The summed E-state index contributed by atoms with van der Waals surface area (Å²) in [5, 5.41) is 31.6. The summed E-state index contributed by atoms with van der Waals surface area (Å²) in [5.41, 5.74) is 0. The third-order valence-corrected chi connectivity index (χ3v) is 15.6. The van der Waals surface area contributed by atoms with Crippen LogP contribution in [-0.2, 0) is 42.9 Å². The highest BCUT2D eigenvalue weighted by molar-refractivity contribution is 5.74. The second-order valence-electron chi connectivity index (χ2n) is 23.4. The normalized spacial score (nSPS) is 17.9. The Labute approximate surface area is 506 Å². The van der Waals surface area contributed by atoms with Crippen molar-refractivity contribution in [2.45, 2.75) is 353 Å². The SMILES string of the molecule is CC/C=C\C/C=C\C/C=C\CCCCCCCCCC(=O)OC(COC(=O)CCCCCCCCCCC/C=C\C/C=C\CCCCC)COC1OC(C(=O)O)C(O)C(O)C1OC(=O)CCCCCCCCCCCCCCCCCCC. The highest BCUT2D eigenvalue weighted by atomic mass is 16.7. The van der Waals surface area contributed by atoms with Gasteiger partial charge < -0.3 is 39.0 Å². The topological polar surface area (TPSA) is 175 Å².